The number of aromatic nitrogens is 2. The van der Waals surface area contributed by atoms with Crippen molar-refractivity contribution in [3.63, 3.8) is 0 Å². The van der Waals surface area contributed by atoms with Gasteiger partial charge in [0.2, 0.25) is 0 Å². The molecule has 0 aliphatic heterocycles. The van der Waals surface area contributed by atoms with Crippen molar-refractivity contribution in [1.29, 1.82) is 0 Å². The van der Waals surface area contributed by atoms with Gasteiger partial charge in [0.25, 0.3) is 0 Å². The minimum Gasteiger partial charge on any atom is -0.457 e. The van der Waals surface area contributed by atoms with Gasteiger partial charge in [0.1, 0.15) is 11.4 Å². The number of nitrogens with zero attached hydrogens (tertiary/aromatic N) is 2. The van der Waals surface area contributed by atoms with Gasteiger partial charge in [-0.2, -0.15) is 0 Å². The Balaban J connectivity index is 2.38. The van der Waals surface area contributed by atoms with Gasteiger partial charge in [-0.25, -0.2) is 14.2 Å². The normalized spacial score (nSPS) is 12.3. The van der Waals surface area contributed by atoms with E-state index in [1.807, 2.05) is 0 Å². The van der Waals surface area contributed by atoms with E-state index in [2.05, 4.69) is 4.98 Å². The molecule has 0 atom stereocenters. The first kappa shape index (κ1) is 15.0. The lowest BCUT2D eigenvalue weighted by molar-refractivity contribution is -0.148. The Hall–Kier alpha value is -2.43. The average molecular weight is 288 g/mol. The highest BCUT2D eigenvalue weighted by Gasteiger charge is 2.16. The fourth-order valence-corrected chi connectivity index (χ4v) is 1.77. The van der Waals surface area contributed by atoms with Gasteiger partial charge in [-0.05, 0) is 50.6 Å². The van der Waals surface area contributed by atoms with Crippen molar-refractivity contribution in [3.8, 4) is 0 Å². The lowest BCUT2D eigenvalue weighted by Crippen LogP contribution is -2.23. The number of ether oxygens (including phenoxy) is 1. The number of halogens is 1. The summed E-state index contributed by atoms with van der Waals surface area (Å²) in [7, 11) is 0. The molecular formula is C16H17FN2O2. The van der Waals surface area contributed by atoms with Crippen LogP contribution in [-0.4, -0.2) is 21.1 Å². The summed E-state index contributed by atoms with van der Waals surface area (Å²) in [5, 5.41) is 0. The number of carbonyl (C=O) groups is 1. The number of carbonyl (C=O) groups excluding carboxylic acids is 1. The molecule has 1 aromatic heterocycles. The zero-order valence-electron chi connectivity index (χ0n) is 12.2. The molecule has 0 saturated carbocycles. The van der Waals surface area contributed by atoms with E-state index in [0.29, 0.717) is 11.3 Å². The van der Waals surface area contributed by atoms with Crippen molar-refractivity contribution in [3.05, 3.63) is 60.4 Å². The molecule has 110 valence electrons. The molecule has 0 saturated heterocycles. The molecule has 0 unspecified atom stereocenters. The van der Waals surface area contributed by atoms with E-state index in [0.717, 1.165) is 0 Å². The fraction of sp³-hybridized carbons (Fsp3) is 0.250. The standard InChI is InChI=1S/C16H17FN2O2/c1-16(2,3)21-15(20)10-14(19-9-8-18-11-19)12-4-6-13(17)7-5-12/h4-11H,1-3H3. The third kappa shape index (κ3) is 4.27. The van der Waals surface area contributed by atoms with E-state index in [9.17, 15) is 9.18 Å². The Kier molecular flexibility index (Phi) is 4.21. The molecule has 21 heavy (non-hydrogen) atoms. The molecule has 0 amide bonds. The van der Waals surface area contributed by atoms with Crippen LogP contribution in [0, 0.1) is 5.82 Å². The lowest BCUT2D eigenvalue weighted by Gasteiger charge is -2.19. The summed E-state index contributed by atoms with van der Waals surface area (Å²) in [4.78, 5) is 16.0. The highest BCUT2D eigenvalue weighted by molar-refractivity contribution is 5.91. The first-order valence-electron chi connectivity index (χ1n) is 6.54. The Morgan fingerprint density at radius 2 is 1.95 bits per heavy atom. The maximum absolute atomic E-state index is 13.0. The predicted octanol–water partition coefficient (Wildman–Crippen LogP) is 3.25. The third-order valence-electron chi connectivity index (χ3n) is 2.58. The van der Waals surface area contributed by atoms with Crippen LogP contribution in [-0.2, 0) is 9.53 Å². The van der Waals surface area contributed by atoms with Crippen molar-refractivity contribution in [2.45, 2.75) is 26.4 Å². The number of hydrogen-bond donors (Lipinski definition) is 0. The number of hydrogen-bond acceptors (Lipinski definition) is 3. The molecule has 1 aromatic carbocycles. The van der Waals surface area contributed by atoms with Gasteiger partial charge in [-0.15, -0.1) is 0 Å². The number of benzene rings is 1. The van der Waals surface area contributed by atoms with Gasteiger partial charge in [0, 0.05) is 18.5 Å². The maximum Gasteiger partial charge on any atom is 0.333 e. The van der Waals surface area contributed by atoms with Crippen LogP contribution in [0.3, 0.4) is 0 Å². The Morgan fingerprint density at radius 1 is 1.29 bits per heavy atom. The van der Waals surface area contributed by atoms with Crippen molar-refractivity contribution < 1.29 is 13.9 Å². The SMILES string of the molecule is CC(C)(C)OC(=O)C=C(c1ccc(F)cc1)n1ccnc1. The van der Waals surface area contributed by atoms with Gasteiger partial charge < -0.3 is 9.30 Å². The van der Waals surface area contributed by atoms with Crippen LogP contribution < -0.4 is 0 Å². The molecule has 0 fully saturated rings. The topological polar surface area (TPSA) is 44.1 Å². The first-order valence-corrected chi connectivity index (χ1v) is 6.54. The Labute approximate surface area is 122 Å². The van der Waals surface area contributed by atoms with Crippen molar-refractivity contribution in [2.75, 3.05) is 0 Å². The summed E-state index contributed by atoms with van der Waals surface area (Å²) >= 11 is 0. The second-order valence-electron chi connectivity index (χ2n) is 5.54. The van der Waals surface area contributed by atoms with Crippen LogP contribution >= 0.6 is 0 Å². The van der Waals surface area contributed by atoms with Crippen molar-refractivity contribution >= 4 is 11.7 Å². The average Bonchev–Trinajstić information content (AvgIpc) is 2.88. The second kappa shape index (κ2) is 5.91. The minimum atomic E-state index is -0.573. The molecule has 0 N–H and O–H groups in total. The van der Waals surface area contributed by atoms with E-state index < -0.39 is 11.6 Å². The fourth-order valence-electron chi connectivity index (χ4n) is 1.77. The molecule has 0 aliphatic rings. The van der Waals surface area contributed by atoms with Gasteiger partial charge in [-0.3, -0.25) is 0 Å². The summed E-state index contributed by atoms with van der Waals surface area (Å²) in [5.74, 6) is -0.795. The third-order valence-corrected chi connectivity index (χ3v) is 2.58. The van der Waals surface area contributed by atoms with E-state index in [-0.39, 0.29) is 5.82 Å². The maximum atomic E-state index is 13.0. The molecule has 0 radical (unpaired) electrons. The van der Waals surface area contributed by atoms with Crippen LogP contribution in [0.1, 0.15) is 26.3 Å². The number of imidazole rings is 1. The zero-order chi connectivity index (χ0) is 15.5. The first-order chi connectivity index (χ1) is 9.85. The summed E-state index contributed by atoms with van der Waals surface area (Å²) < 4.78 is 20.0. The van der Waals surface area contributed by atoms with Crippen LogP contribution in [0.4, 0.5) is 4.39 Å². The largest absolute Gasteiger partial charge is 0.457 e. The van der Waals surface area contributed by atoms with Crippen LogP contribution in [0.2, 0.25) is 0 Å². The molecule has 5 heteroatoms. The highest BCUT2D eigenvalue weighted by atomic mass is 19.1. The van der Waals surface area contributed by atoms with Gasteiger partial charge >= 0.3 is 5.97 Å². The second-order valence-corrected chi connectivity index (χ2v) is 5.54. The summed E-state index contributed by atoms with van der Waals surface area (Å²) in [6.45, 7) is 5.40. The van der Waals surface area contributed by atoms with Crippen molar-refractivity contribution in [2.24, 2.45) is 0 Å². The van der Waals surface area contributed by atoms with Gasteiger partial charge in [-0.1, -0.05) is 0 Å². The predicted molar refractivity (Wildman–Crippen MR) is 77.8 cm³/mol. The molecule has 0 bridgehead atoms. The van der Waals surface area contributed by atoms with Gasteiger partial charge in [0.05, 0.1) is 12.0 Å². The van der Waals surface area contributed by atoms with Crippen molar-refractivity contribution in [1.82, 2.24) is 9.55 Å². The molecule has 1 heterocycles. The monoisotopic (exact) mass is 288 g/mol. The number of rotatable bonds is 3. The van der Waals surface area contributed by atoms with Crippen LogP contribution in [0.25, 0.3) is 5.70 Å². The van der Waals surface area contributed by atoms with E-state index in [1.165, 1.54) is 18.2 Å². The zero-order valence-corrected chi connectivity index (χ0v) is 12.2. The number of esters is 1. The molecule has 2 aromatic rings. The summed E-state index contributed by atoms with van der Waals surface area (Å²) in [5.41, 5.74) is 0.693. The molecule has 2 rings (SSSR count). The van der Waals surface area contributed by atoms with Gasteiger partial charge in [0.15, 0.2) is 0 Å². The molecule has 0 aliphatic carbocycles. The smallest absolute Gasteiger partial charge is 0.333 e. The summed E-state index contributed by atoms with van der Waals surface area (Å²) in [6.07, 6.45) is 6.26. The minimum absolute atomic E-state index is 0.332. The van der Waals surface area contributed by atoms with E-state index in [4.69, 9.17) is 4.74 Å². The summed E-state index contributed by atoms with van der Waals surface area (Å²) in [6, 6.07) is 5.89. The van der Waals surface area contributed by atoms with Crippen LogP contribution in [0.5, 0.6) is 0 Å². The Morgan fingerprint density at radius 3 is 2.48 bits per heavy atom. The Bertz CT molecular complexity index is 638. The van der Waals surface area contributed by atoms with E-state index >= 15 is 0 Å². The molecule has 4 nitrogen and oxygen atoms in total. The molecular weight excluding hydrogens is 271 g/mol. The van der Waals surface area contributed by atoms with E-state index in [1.54, 1.807) is 56.2 Å². The quantitative estimate of drug-likeness (QED) is 0.643. The lowest BCUT2D eigenvalue weighted by atomic mass is 10.1. The molecule has 0 spiro atoms. The van der Waals surface area contributed by atoms with Crippen LogP contribution in [0.15, 0.2) is 49.1 Å². The highest BCUT2D eigenvalue weighted by Crippen LogP contribution is 2.18.